The Hall–Kier alpha value is -1.14. The Morgan fingerprint density at radius 2 is 2.16 bits per heavy atom. The number of carbonyl (C=O) groups excluding carboxylic acids is 2. The number of amides is 3. The topological polar surface area (TPSA) is 73.5 Å². The molecule has 0 aliphatic carbocycles. The molecule has 2 heterocycles. The van der Waals surface area contributed by atoms with Gasteiger partial charge in [0.05, 0.1) is 6.54 Å². The van der Waals surface area contributed by atoms with Crippen LogP contribution in [0.15, 0.2) is 0 Å². The van der Waals surface area contributed by atoms with Gasteiger partial charge in [-0.1, -0.05) is 6.92 Å². The lowest BCUT2D eigenvalue weighted by Crippen LogP contribution is -2.46. The first kappa shape index (κ1) is 14.3. The Bertz CT molecular complexity index is 348. The monoisotopic (exact) mass is 268 g/mol. The SMILES string of the molecule is CCCNC(=O)NC(=O)CN1CC2CNCC2C1C. The van der Waals surface area contributed by atoms with Crippen LogP contribution in [0.1, 0.15) is 20.3 Å². The van der Waals surface area contributed by atoms with E-state index >= 15 is 0 Å². The average Bonchev–Trinajstić information content (AvgIpc) is 2.91. The molecule has 0 bridgehead atoms. The number of carbonyl (C=O) groups is 2. The number of hydrogen-bond acceptors (Lipinski definition) is 4. The summed E-state index contributed by atoms with van der Waals surface area (Å²) in [5.41, 5.74) is 0. The molecule has 2 aliphatic rings. The fraction of sp³-hybridized carbons (Fsp3) is 0.846. The Morgan fingerprint density at radius 1 is 1.37 bits per heavy atom. The van der Waals surface area contributed by atoms with E-state index in [9.17, 15) is 9.59 Å². The fourth-order valence-corrected chi connectivity index (χ4v) is 3.10. The van der Waals surface area contributed by atoms with Crippen molar-refractivity contribution in [3.63, 3.8) is 0 Å². The highest BCUT2D eigenvalue weighted by atomic mass is 16.2. The van der Waals surface area contributed by atoms with E-state index < -0.39 is 0 Å². The van der Waals surface area contributed by atoms with E-state index in [2.05, 4.69) is 27.8 Å². The highest BCUT2D eigenvalue weighted by Gasteiger charge is 2.42. The normalized spacial score (nSPS) is 30.1. The summed E-state index contributed by atoms with van der Waals surface area (Å²) in [6, 6.07) is 0.0185. The molecular weight excluding hydrogens is 244 g/mol. The number of nitrogens with zero attached hydrogens (tertiary/aromatic N) is 1. The molecule has 0 spiro atoms. The van der Waals surface area contributed by atoms with Crippen LogP contribution in [0.25, 0.3) is 0 Å². The Kier molecular flexibility index (Phi) is 4.76. The van der Waals surface area contributed by atoms with Crippen molar-refractivity contribution in [3.8, 4) is 0 Å². The maximum Gasteiger partial charge on any atom is 0.321 e. The number of nitrogens with one attached hydrogen (secondary N) is 3. The van der Waals surface area contributed by atoms with Gasteiger partial charge < -0.3 is 10.6 Å². The number of hydrogen-bond donors (Lipinski definition) is 3. The molecule has 0 aromatic heterocycles. The molecule has 2 rings (SSSR count). The molecule has 0 aromatic rings. The van der Waals surface area contributed by atoms with Crippen LogP contribution in [0.2, 0.25) is 0 Å². The first-order valence-electron chi connectivity index (χ1n) is 7.14. The standard InChI is InChI=1S/C13H24N4O2/c1-3-4-15-13(19)16-12(18)8-17-7-10-5-14-6-11(10)9(17)2/h9-11,14H,3-8H2,1-2H3,(H2,15,16,18,19). The first-order chi connectivity index (χ1) is 9.11. The van der Waals surface area contributed by atoms with Crippen molar-refractivity contribution in [2.75, 3.05) is 32.7 Å². The Morgan fingerprint density at radius 3 is 2.84 bits per heavy atom. The van der Waals surface area contributed by atoms with Gasteiger partial charge in [0.2, 0.25) is 5.91 Å². The van der Waals surface area contributed by atoms with Crippen LogP contribution < -0.4 is 16.0 Å². The summed E-state index contributed by atoms with van der Waals surface area (Å²) in [6.07, 6.45) is 0.862. The Balaban J connectivity index is 1.75. The van der Waals surface area contributed by atoms with Gasteiger partial charge in [0, 0.05) is 19.1 Å². The highest BCUT2D eigenvalue weighted by molar-refractivity contribution is 5.95. The van der Waals surface area contributed by atoms with Gasteiger partial charge in [0.25, 0.3) is 0 Å². The van der Waals surface area contributed by atoms with Gasteiger partial charge in [-0.2, -0.15) is 0 Å². The maximum absolute atomic E-state index is 11.8. The van der Waals surface area contributed by atoms with Gasteiger partial charge >= 0.3 is 6.03 Å². The van der Waals surface area contributed by atoms with Crippen LogP contribution in [-0.2, 0) is 4.79 Å². The third kappa shape index (κ3) is 3.45. The molecule has 108 valence electrons. The second-order valence-corrected chi connectivity index (χ2v) is 5.56. The van der Waals surface area contributed by atoms with E-state index in [1.54, 1.807) is 0 Å². The van der Waals surface area contributed by atoms with Crippen molar-refractivity contribution in [2.24, 2.45) is 11.8 Å². The zero-order chi connectivity index (χ0) is 13.8. The molecule has 3 atom stereocenters. The van der Waals surface area contributed by atoms with Crippen LogP contribution in [-0.4, -0.2) is 55.6 Å². The number of fused-ring (bicyclic) bond motifs is 1. The lowest BCUT2D eigenvalue weighted by atomic mass is 9.95. The first-order valence-corrected chi connectivity index (χ1v) is 7.14. The van der Waals surface area contributed by atoms with Gasteiger partial charge in [-0.25, -0.2) is 4.79 Å². The molecule has 2 aliphatic heterocycles. The summed E-state index contributed by atoms with van der Waals surface area (Å²) >= 11 is 0. The number of rotatable bonds is 4. The zero-order valence-corrected chi connectivity index (χ0v) is 11.7. The molecule has 2 fully saturated rings. The number of urea groups is 1. The van der Waals surface area contributed by atoms with E-state index in [-0.39, 0.29) is 11.9 Å². The molecule has 3 amide bonds. The summed E-state index contributed by atoms with van der Waals surface area (Å²) in [7, 11) is 0. The lowest BCUT2D eigenvalue weighted by Gasteiger charge is -2.23. The smallest absolute Gasteiger partial charge is 0.321 e. The second kappa shape index (κ2) is 6.34. The minimum absolute atomic E-state index is 0.214. The summed E-state index contributed by atoms with van der Waals surface area (Å²) in [6.45, 7) is 8.08. The molecule has 6 nitrogen and oxygen atoms in total. The summed E-state index contributed by atoms with van der Waals surface area (Å²) in [4.78, 5) is 25.4. The van der Waals surface area contributed by atoms with Crippen LogP contribution in [0, 0.1) is 11.8 Å². The van der Waals surface area contributed by atoms with E-state index in [1.165, 1.54) is 0 Å². The molecular formula is C13H24N4O2. The number of likely N-dealkylation sites (tertiary alicyclic amines) is 1. The third-order valence-corrected chi connectivity index (χ3v) is 4.19. The highest BCUT2D eigenvalue weighted by Crippen LogP contribution is 2.31. The Labute approximate surface area is 114 Å². The van der Waals surface area contributed by atoms with Crippen molar-refractivity contribution in [1.82, 2.24) is 20.9 Å². The minimum atomic E-state index is -0.388. The van der Waals surface area contributed by atoms with Crippen LogP contribution in [0.3, 0.4) is 0 Å². The second-order valence-electron chi connectivity index (χ2n) is 5.56. The summed E-state index contributed by atoms with van der Waals surface area (Å²) < 4.78 is 0. The molecule has 3 unspecified atom stereocenters. The third-order valence-electron chi connectivity index (χ3n) is 4.19. The molecule has 0 radical (unpaired) electrons. The van der Waals surface area contributed by atoms with Gasteiger partial charge in [0.1, 0.15) is 0 Å². The van der Waals surface area contributed by atoms with E-state index in [4.69, 9.17) is 0 Å². The largest absolute Gasteiger partial charge is 0.338 e. The van der Waals surface area contributed by atoms with E-state index in [1.807, 2.05) is 6.92 Å². The van der Waals surface area contributed by atoms with Crippen molar-refractivity contribution < 1.29 is 9.59 Å². The number of imide groups is 1. The minimum Gasteiger partial charge on any atom is -0.338 e. The lowest BCUT2D eigenvalue weighted by molar-refractivity contribution is -0.121. The maximum atomic E-state index is 11.8. The van der Waals surface area contributed by atoms with Crippen molar-refractivity contribution in [2.45, 2.75) is 26.3 Å². The molecule has 3 N–H and O–H groups in total. The van der Waals surface area contributed by atoms with Crippen molar-refractivity contribution >= 4 is 11.9 Å². The summed E-state index contributed by atoms with van der Waals surface area (Å²) in [5.74, 6) is 1.08. The predicted octanol–water partition coefficient (Wildman–Crippen LogP) is -0.238. The summed E-state index contributed by atoms with van der Waals surface area (Å²) in [5, 5.41) is 8.41. The predicted molar refractivity (Wildman–Crippen MR) is 72.7 cm³/mol. The molecule has 0 aromatic carbocycles. The molecule has 2 saturated heterocycles. The van der Waals surface area contributed by atoms with E-state index in [0.29, 0.717) is 31.0 Å². The van der Waals surface area contributed by atoms with Crippen LogP contribution >= 0.6 is 0 Å². The van der Waals surface area contributed by atoms with Crippen LogP contribution in [0.4, 0.5) is 4.79 Å². The quantitative estimate of drug-likeness (QED) is 0.658. The van der Waals surface area contributed by atoms with Gasteiger partial charge in [-0.3, -0.25) is 15.0 Å². The van der Waals surface area contributed by atoms with Crippen molar-refractivity contribution in [1.29, 1.82) is 0 Å². The van der Waals surface area contributed by atoms with Crippen LogP contribution in [0.5, 0.6) is 0 Å². The van der Waals surface area contributed by atoms with Gasteiger partial charge in [0.15, 0.2) is 0 Å². The fourth-order valence-electron chi connectivity index (χ4n) is 3.10. The van der Waals surface area contributed by atoms with Gasteiger partial charge in [-0.15, -0.1) is 0 Å². The molecule has 6 heteroatoms. The van der Waals surface area contributed by atoms with E-state index in [0.717, 1.165) is 26.1 Å². The molecule has 0 saturated carbocycles. The van der Waals surface area contributed by atoms with Gasteiger partial charge in [-0.05, 0) is 38.3 Å². The zero-order valence-electron chi connectivity index (χ0n) is 11.7. The van der Waals surface area contributed by atoms with Crippen molar-refractivity contribution in [3.05, 3.63) is 0 Å². The molecule has 19 heavy (non-hydrogen) atoms. The average molecular weight is 268 g/mol.